The molecule has 2 aromatic carbocycles. The molecule has 0 fully saturated rings. The molecule has 26 heavy (non-hydrogen) atoms. The van der Waals surface area contributed by atoms with Crippen LogP contribution in [0.3, 0.4) is 0 Å². The number of rotatable bonds is 5. The number of halogens is 4. The first kappa shape index (κ1) is 18.3. The van der Waals surface area contributed by atoms with Crippen LogP contribution in [0, 0.1) is 5.82 Å². The van der Waals surface area contributed by atoms with E-state index in [0.717, 1.165) is 24.3 Å². The minimum atomic E-state index is -4.11. The Kier molecular flexibility index (Phi) is 4.92. The molecular weight excluding hydrogens is 393 g/mol. The average Bonchev–Trinajstić information content (AvgIpc) is 2.57. The molecule has 136 valence electrons. The lowest BCUT2D eigenvalue weighted by Gasteiger charge is -2.12. The lowest BCUT2D eigenvalue weighted by atomic mass is 10.2. The van der Waals surface area contributed by atoms with Crippen molar-refractivity contribution in [1.29, 1.82) is 0 Å². The molecule has 0 aliphatic heterocycles. The Morgan fingerprint density at radius 3 is 2.62 bits per heavy atom. The number of nitrogens with one attached hydrogen (secondary N) is 1. The summed E-state index contributed by atoms with van der Waals surface area (Å²) in [4.78, 5) is 3.65. The minimum absolute atomic E-state index is 0.0259. The zero-order valence-electron chi connectivity index (χ0n) is 12.8. The van der Waals surface area contributed by atoms with Gasteiger partial charge in [0.05, 0.1) is 15.6 Å². The first-order chi connectivity index (χ1) is 12.3. The van der Waals surface area contributed by atoms with E-state index in [9.17, 15) is 21.6 Å². The Bertz CT molecular complexity index is 1080. The van der Waals surface area contributed by atoms with Crippen LogP contribution >= 0.6 is 11.6 Å². The van der Waals surface area contributed by atoms with Crippen molar-refractivity contribution in [2.75, 3.05) is 4.72 Å². The fourth-order valence-corrected chi connectivity index (χ4v) is 3.79. The van der Waals surface area contributed by atoms with Crippen LogP contribution in [0.4, 0.5) is 18.9 Å². The summed E-state index contributed by atoms with van der Waals surface area (Å²) in [7, 11) is -4.11. The van der Waals surface area contributed by atoms with Gasteiger partial charge in [0.25, 0.3) is 10.0 Å². The fourth-order valence-electron chi connectivity index (χ4n) is 2.31. The highest BCUT2D eigenvalue weighted by Crippen LogP contribution is 2.31. The quantitative estimate of drug-likeness (QED) is 0.685. The first-order valence-electron chi connectivity index (χ1n) is 7.08. The van der Waals surface area contributed by atoms with Crippen LogP contribution in [0.1, 0.15) is 0 Å². The lowest BCUT2D eigenvalue weighted by molar-refractivity contribution is -0.0497. The van der Waals surface area contributed by atoms with Crippen LogP contribution in [0.15, 0.2) is 53.6 Å². The fraction of sp³-hybridized carbons (Fsp3) is 0.0625. The molecule has 0 atom stereocenters. The normalized spacial score (nSPS) is 11.7. The number of fused-ring (bicyclic) bond motifs is 1. The number of nitrogens with zero attached hydrogens (tertiary/aromatic N) is 1. The van der Waals surface area contributed by atoms with Crippen LogP contribution in [-0.4, -0.2) is 20.0 Å². The van der Waals surface area contributed by atoms with E-state index in [0.29, 0.717) is 0 Å². The van der Waals surface area contributed by atoms with E-state index >= 15 is 0 Å². The number of pyridine rings is 1. The van der Waals surface area contributed by atoms with Gasteiger partial charge < -0.3 is 4.74 Å². The molecule has 0 saturated heterocycles. The van der Waals surface area contributed by atoms with E-state index in [4.69, 9.17) is 11.6 Å². The summed E-state index contributed by atoms with van der Waals surface area (Å²) in [6, 6.07) is 8.46. The lowest BCUT2D eigenvalue weighted by Crippen LogP contribution is -2.14. The third-order valence-electron chi connectivity index (χ3n) is 3.37. The zero-order valence-corrected chi connectivity index (χ0v) is 14.4. The van der Waals surface area contributed by atoms with E-state index in [-0.39, 0.29) is 32.3 Å². The predicted octanol–water partition coefficient (Wildman–Crippen LogP) is 4.43. The number of benzene rings is 2. The topological polar surface area (TPSA) is 68.3 Å². The zero-order chi connectivity index (χ0) is 18.9. The molecule has 0 aliphatic rings. The Hall–Kier alpha value is -2.52. The van der Waals surface area contributed by atoms with Gasteiger partial charge in [0.15, 0.2) is 0 Å². The number of hydrogen-bond acceptors (Lipinski definition) is 4. The summed E-state index contributed by atoms with van der Waals surface area (Å²) in [5.74, 6) is -0.947. The molecule has 3 aromatic rings. The van der Waals surface area contributed by atoms with E-state index < -0.39 is 22.5 Å². The highest BCUT2D eigenvalue weighted by molar-refractivity contribution is 7.93. The minimum Gasteiger partial charge on any atom is -0.433 e. The standard InChI is InChI=1S/C16H10ClF3N2O3S/c17-11-8-9(3-5-13(11)25-16(19)20)22-26(23,24)14-6-4-12(18)15-10(14)2-1-7-21-15/h1-8,16,22H. The maximum Gasteiger partial charge on any atom is 0.387 e. The second kappa shape index (κ2) is 7.00. The van der Waals surface area contributed by atoms with Gasteiger partial charge in [0.2, 0.25) is 0 Å². The van der Waals surface area contributed by atoms with E-state index in [2.05, 4.69) is 14.4 Å². The summed E-state index contributed by atoms with van der Waals surface area (Å²) in [6.07, 6.45) is 1.34. The van der Waals surface area contributed by atoms with Crippen LogP contribution in [-0.2, 0) is 10.0 Å². The van der Waals surface area contributed by atoms with Crippen molar-refractivity contribution in [1.82, 2.24) is 4.98 Å². The monoisotopic (exact) mass is 402 g/mol. The van der Waals surface area contributed by atoms with Crippen LogP contribution in [0.25, 0.3) is 10.9 Å². The largest absolute Gasteiger partial charge is 0.433 e. The van der Waals surface area contributed by atoms with Gasteiger partial charge in [-0.15, -0.1) is 0 Å². The second-order valence-electron chi connectivity index (χ2n) is 5.07. The Balaban J connectivity index is 1.98. The molecule has 10 heteroatoms. The number of aromatic nitrogens is 1. The molecule has 1 aromatic heterocycles. The maximum atomic E-state index is 13.8. The molecule has 0 unspecified atom stereocenters. The van der Waals surface area contributed by atoms with E-state index in [1.807, 2.05) is 0 Å². The highest BCUT2D eigenvalue weighted by atomic mass is 35.5. The van der Waals surface area contributed by atoms with Crippen molar-refractivity contribution in [3.05, 3.63) is 59.5 Å². The molecule has 0 aliphatic carbocycles. The van der Waals surface area contributed by atoms with Gasteiger partial charge in [-0.25, -0.2) is 12.8 Å². The third kappa shape index (κ3) is 3.68. The molecule has 0 saturated carbocycles. The Morgan fingerprint density at radius 1 is 1.15 bits per heavy atom. The van der Waals surface area contributed by atoms with Gasteiger partial charge in [-0.1, -0.05) is 11.6 Å². The molecular formula is C16H10ClF3N2O3S. The van der Waals surface area contributed by atoms with Gasteiger partial charge in [-0.05, 0) is 42.5 Å². The van der Waals surface area contributed by atoms with E-state index in [1.165, 1.54) is 24.4 Å². The van der Waals surface area contributed by atoms with Crippen molar-refractivity contribution in [2.24, 2.45) is 0 Å². The first-order valence-corrected chi connectivity index (χ1v) is 8.94. The van der Waals surface area contributed by atoms with Crippen LogP contribution < -0.4 is 9.46 Å². The number of hydrogen-bond donors (Lipinski definition) is 1. The molecule has 0 amide bonds. The summed E-state index contributed by atoms with van der Waals surface area (Å²) < 4.78 is 70.0. The van der Waals surface area contributed by atoms with Crippen molar-refractivity contribution in [3.63, 3.8) is 0 Å². The summed E-state index contributed by atoms with van der Waals surface area (Å²) in [6.45, 7) is -3.06. The van der Waals surface area contributed by atoms with Gasteiger partial charge in [-0.3, -0.25) is 9.71 Å². The Morgan fingerprint density at radius 2 is 1.92 bits per heavy atom. The molecule has 1 heterocycles. The summed E-state index contributed by atoms with van der Waals surface area (Å²) in [5, 5.41) is -0.0973. The second-order valence-corrected chi connectivity index (χ2v) is 7.13. The molecule has 0 bridgehead atoms. The van der Waals surface area contributed by atoms with Crippen LogP contribution in [0.5, 0.6) is 5.75 Å². The molecule has 5 nitrogen and oxygen atoms in total. The van der Waals surface area contributed by atoms with Crippen molar-refractivity contribution < 1.29 is 26.3 Å². The van der Waals surface area contributed by atoms with Gasteiger partial charge in [0, 0.05) is 11.6 Å². The van der Waals surface area contributed by atoms with Gasteiger partial charge in [0.1, 0.15) is 17.1 Å². The number of alkyl halides is 2. The van der Waals surface area contributed by atoms with Gasteiger partial charge in [-0.2, -0.15) is 8.78 Å². The van der Waals surface area contributed by atoms with Crippen molar-refractivity contribution in [2.45, 2.75) is 11.5 Å². The third-order valence-corrected chi connectivity index (χ3v) is 5.10. The number of sulfonamides is 1. The number of anilines is 1. The SMILES string of the molecule is O=S(=O)(Nc1ccc(OC(F)F)c(Cl)c1)c1ccc(F)c2ncccc12. The average molecular weight is 403 g/mol. The number of ether oxygens (including phenoxy) is 1. The van der Waals surface area contributed by atoms with Gasteiger partial charge >= 0.3 is 6.61 Å². The molecule has 1 N–H and O–H groups in total. The molecule has 0 radical (unpaired) electrons. The van der Waals surface area contributed by atoms with Crippen molar-refractivity contribution in [3.8, 4) is 5.75 Å². The smallest absolute Gasteiger partial charge is 0.387 e. The van der Waals surface area contributed by atoms with Crippen LogP contribution in [0.2, 0.25) is 5.02 Å². The Labute approximate surface area is 151 Å². The molecule has 3 rings (SSSR count). The highest BCUT2D eigenvalue weighted by Gasteiger charge is 2.20. The molecule has 0 spiro atoms. The maximum absolute atomic E-state index is 13.8. The van der Waals surface area contributed by atoms with E-state index in [1.54, 1.807) is 0 Å². The predicted molar refractivity (Wildman–Crippen MR) is 90.6 cm³/mol. The van der Waals surface area contributed by atoms with Crippen molar-refractivity contribution >= 4 is 38.2 Å². The summed E-state index contributed by atoms with van der Waals surface area (Å²) >= 11 is 5.81. The summed E-state index contributed by atoms with van der Waals surface area (Å²) in [5.41, 5.74) is -0.0629.